The molecule has 66 valence electrons. The standard InChI is InChI=1S/C8H18N2O/c1-6-8(4,9)7(2,3)10(5)11/h5-6,9H2,1-4H3. The molecule has 3 nitrogen and oxygen atoms in total. The van der Waals surface area contributed by atoms with Gasteiger partial charge in [-0.3, -0.25) is 0 Å². The number of hydroxylamine groups is 1. The Labute approximate surface area is 68.5 Å². The first-order chi connectivity index (χ1) is 4.75. The van der Waals surface area contributed by atoms with Gasteiger partial charge in [0.2, 0.25) is 0 Å². The molecular formula is C8H18N2O. The summed E-state index contributed by atoms with van der Waals surface area (Å²) < 4.78 is 0.677. The fourth-order valence-electron chi connectivity index (χ4n) is 0.717. The smallest absolute Gasteiger partial charge is 0.184 e. The molecule has 0 aliphatic carbocycles. The van der Waals surface area contributed by atoms with Gasteiger partial charge >= 0.3 is 0 Å². The van der Waals surface area contributed by atoms with E-state index in [9.17, 15) is 5.21 Å². The summed E-state index contributed by atoms with van der Waals surface area (Å²) in [5, 5.41) is 11.0. The molecule has 3 heteroatoms. The Morgan fingerprint density at radius 3 is 1.91 bits per heavy atom. The lowest BCUT2D eigenvalue weighted by Crippen LogP contribution is -2.59. The topological polar surface area (TPSA) is 52.1 Å². The van der Waals surface area contributed by atoms with Gasteiger partial charge in [0, 0.05) is 13.8 Å². The second kappa shape index (κ2) is 2.81. The Hall–Kier alpha value is -0.570. The molecule has 0 aliphatic rings. The Kier molecular flexibility index (Phi) is 2.67. The molecular weight excluding hydrogens is 140 g/mol. The van der Waals surface area contributed by atoms with Crippen LogP contribution in [0.3, 0.4) is 0 Å². The lowest BCUT2D eigenvalue weighted by Gasteiger charge is -2.37. The highest BCUT2D eigenvalue weighted by atomic mass is 16.5. The molecule has 0 aromatic heterocycles. The molecule has 11 heavy (non-hydrogen) atoms. The van der Waals surface area contributed by atoms with Crippen molar-refractivity contribution in [2.24, 2.45) is 5.73 Å². The van der Waals surface area contributed by atoms with Gasteiger partial charge in [0.05, 0.1) is 5.54 Å². The van der Waals surface area contributed by atoms with Gasteiger partial charge in [0.15, 0.2) is 5.54 Å². The third-order valence-electron chi connectivity index (χ3n) is 2.76. The van der Waals surface area contributed by atoms with Crippen LogP contribution in [-0.2, 0) is 0 Å². The van der Waals surface area contributed by atoms with Crippen LogP contribution in [0.5, 0.6) is 0 Å². The first kappa shape index (κ1) is 10.4. The molecule has 0 rings (SSSR count). The second-order valence-electron chi connectivity index (χ2n) is 3.71. The third-order valence-corrected chi connectivity index (χ3v) is 2.76. The van der Waals surface area contributed by atoms with E-state index in [4.69, 9.17) is 5.73 Å². The van der Waals surface area contributed by atoms with Gasteiger partial charge in [-0.15, -0.1) is 0 Å². The number of rotatable bonds is 3. The SMILES string of the molecule is C=[N+]([O-])C(C)(C)C(C)(N)CC. The lowest BCUT2D eigenvalue weighted by molar-refractivity contribution is -0.545. The predicted molar refractivity (Wildman–Crippen MR) is 47.7 cm³/mol. The van der Waals surface area contributed by atoms with Crippen molar-refractivity contribution < 1.29 is 4.74 Å². The average Bonchev–Trinajstić information content (AvgIpc) is 1.87. The van der Waals surface area contributed by atoms with Crippen molar-refractivity contribution in [1.29, 1.82) is 0 Å². The number of nitrogens with two attached hydrogens (primary N) is 1. The fraction of sp³-hybridized carbons (Fsp3) is 0.875. The molecule has 1 unspecified atom stereocenters. The van der Waals surface area contributed by atoms with Crippen molar-refractivity contribution in [3.05, 3.63) is 5.21 Å². The van der Waals surface area contributed by atoms with Crippen LogP contribution >= 0.6 is 0 Å². The van der Waals surface area contributed by atoms with Crippen molar-refractivity contribution >= 4 is 6.72 Å². The number of nitrogens with zero attached hydrogens (tertiary/aromatic N) is 1. The van der Waals surface area contributed by atoms with Crippen molar-refractivity contribution in [1.82, 2.24) is 0 Å². The second-order valence-corrected chi connectivity index (χ2v) is 3.71. The number of hydrogen-bond acceptors (Lipinski definition) is 2. The van der Waals surface area contributed by atoms with E-state index < -0.39 is 11.1 Å². The molecule has 0 fully saturated rings. The summed E-state index contributed by atoms with van der Waals surface area (Å²) in [5.41, 5.74) is 4.81. The van der Waals surface area contributed by atoms with E-state index in [1.54, 1.807) is 13.8 Å². The van der Waals surface area contributed by atoms with Gasteiger partial charge in [-0.2, -0.15) is 0 Å². The first-order valence-corrected chi connectivity index (χ1v) is 3.82. The van der Waals surface area contributed by atoms with Crippen molar-refractivity contribution in [2.75, 3.05) is 0 Å². The zero-order valence-corrected chi connectivity index (χ0v) is 7.85. The minimum Gasteiger partial charge on any atom is -0.624 e. The van der Waals surface area contributed by atoms with E-state index in [1.165, 1.54) is 0 Å². The van der Waals surface area contributed by atoms with E-state index >= 15 is 0 Å². The average molecular weight is 158 g/mol. The van der Waals surface area contributed by atoms with Crippen LogP contribution in [0, 0.1) is 5.21 Å². The third kappa shape index (κ3) is 1.71. The minimum atomic E-state index is -0.609. The van der Waals surface area contributed by atoms with Crippen LogP contribution in [0.25, 0.3) is 0 Å². The van der Waals surface area contributed by atoms with E-state index in [0.717, 1.165) is 6.42 Å². The van der Waals surface area contributed by atoms with Crippen LogP contribution in [0.2, 0.25) is 0 Å². The van der Waals surface area contributed by atoms with Crippen molar-refractivity contribution in [2.45, 2.75) is 45.2 Å². The number of hydrogen-bond donors (Lipinski definition) is 1. The maximum Gasteiger partial charge on any atom is 0.184 e. The monoisotopic (exact) mass is 158 g/mol. The fourth-order valence-corrected chi connectivity index (χ4v) is 0.717. The molecule has 2 N–H and O–H groups in total. The molecule has 1 atom stereocenters. The quantitative estimate of drug-likeness (QED) is 0.289. The van der Waals surface area contributed by atoms with E-state index in [1.807, 2.05) is 13.8 Å². The first-order valence-electron chi connectivity index (χ1n) is 3.82. The normalized spacial score (nSPS) is 17.5. The molecule has 0 amide bonds. The highest BCUT2D eigenvalue weighted by molar-refractivity contribution is 5.16. The van der Waals surface area contributed by atoms with Gasteiger partial charge in [0.1, 0.15) is 6.72 Å². The van der Waals surface area contributed by atoms with Gasteiger partial charge in [-0.05, 0) is 13.3 Å². The van der Waals surface area contributed by atoms with Gasteiger partial charge in [-0.25, -0.2) is 4.74 Å². The van der Waals surface area contributed by atoms with Gasteiger partial charge < -0.3 is 10.9 Å². The van der Waals surface area contributed by atoms with Gasteiger partial charge in [0.25, 0.3) is 0 Å². The summed E-state index contributed by atoms with van der Waals surface area (Å²) in [5.74, 6) is 0. The lowest BCUT2D eigenvalue weighted by atomic mass is 9.80. The highest BCUT2D eigenvalue weighted by Crippen LogP contribution is 2.24. The Balaban J connectivity index is 4.67. The highest BCUT2D eigenvalue weighted by Gasteiger charge is 2.42. The molecule has 0 bridgehead atoms. The summed E-state index contributed by atoms with van der Waals surface area (Å²) in [6.45, 7) is 10.8. The molecule has 0 saturated heterocycles. The van der Waals surface area contributed by atoms with Crippen LogP contribution < -0.4 is 5.73 Å². The molecule has 0 radical (unpaired) electrons. The summed E-state index contributed by atoms with van der Waals surface area (Å²) in [6.07, 6.45) is 0.758. The maximum atomic E-state index is 11.0. The van der Waals surface area contributed by atoms with E-state index in [-0.39, 0.29) is 0 Å². The summed E-state index contributed by atoms with van der Waals surface area (Å²) in [7, 11) is 0. The molecule has 0 saturated carbocycles. The predicted octanol–water partition coefficient (Wildman–Crippen LogP) is 1.10. The van der Waals surface area contributed by atoms with Crippen LogP contribution in [-0.4, -0.2) is 22.5 Å². The maximum absolute atomic E-state index is 11.0. The zero-order chi connectivity index (χ0) is 9.28. The Bertz CT molecular complexity index is 161. The summed E-state index contributed by atoms with van der Waals surface area (Å²) >= 11 is 0. The van der Waals surface area contributed by atoms with Crippen LogP contribution in [0.4, 0.5) is 0 Å². The molecule has 0 heterocycles. The van der Waals surface area contributed by atoms with Gasteiger partial charge in [-0.1, -0.05) is 6.92 Å². The molecule has 0 spiro atoms. The largest absolute Gasteiger partial charge is 0.624 e. The summed E-state index contributed by atoms with van der Waals surface area (Å²) in [4.78, 5) is 0. The molecule has 0 aromatic rings. The Morgan fingerprint density at radius 2 is 1.82 bits per heavy atom. The van der Waals surface area contributed by atoms with Crippen LogP contribution in [0.15, 0.2) is 0 Å². The Morgan fingerprint density at radius 1 is 1.45 bits per heavy atom. The summed E-state index contributed by atoms with van der Waals surface area (Å²) in [6, 6.07) is 0. The molecule has 0 aliphatic heterocycles. The van der Waals surface area contributed by atoms with Crippen molar-refractivity contribution in [3.8, 4) is 0 Å². The zero-order valence-electron chi connectivity index (χ0n) is 7.85. The van der Waals surface area contributed by atoms with E-state index in [2.05, 4.69) is 6.72 Å². The molecule has 0 aromatic carbocycles. The minimum absolute atomic E-state index is 0.490. The van der Waals surface area contributed by atoms with Crippen molar-refractivity contribution in [3.63, 3.8) is 0 Å². The van der Waals surface area contributed by atoms with E-state index in [0.29, 0.717) is 4.74 Å². The van der Waals surface area contributed by atoms with Crippen LogP contribution in [0.1, 0.15) is 34.1 Å².